The van der Waals surface area contributed by atoms with Crippen molar-refractivity contribution in [3.8, 4) is 0 Å². The number of rotatable bonds is 4. The standard InChI is InChI=1S/C20H23FN2O3/c21-17-3-1-2-15(10-17)12-23-7-9-26-19-13-22(6-4-18(19)20(23)24)11-16-5-8-25-14-16/h1-3,5,8,10,14,18-19H,4,6-7,9,11-13H2/t18-,19+/m1/s1. The quantitative estimate of drug-likeness (QED) is 0.843. The number of fused-ring (bicyclic) bond motifs is 1. The van der Waals surface area contributed by atoms with E-state index in [1.54, 1.807) is 18.6 Å². The van der Waals surface area contributed by atoms with Crippen LogP contribution >= 0.6 is 0 Å². The predicted octanol–water partition coefficient (Wildman–Crippen LogP) is 2.67. The van der Waals surface area contributed by atoms with Crippen LogP contribution in [0.5, 0.6) is 0 Å². The van der Waals surface area contributed by atoms with Gasteiger partial charge in [-0.25, -0.2) is 4.39 Å². The minimum atomic E-state index is -0.272. The van der Waals surface area contributed by atoms with Crippen LogP contribution in [0.15, 0.2) is 47.3 Å². The minimum Gasteiger partial charge on any atom is -0.472 e. The predicted molar refractivity (Wildman–Crippen MR) is 93.6 cm³/mol. The average molecular weight is 358 g/mol. The Hall–Kier alpha value is -2.18. The first kappa shape index (κ1) is 17.2. The highest BCUT2D eigenvalue weighted by Crippen LogP contribution is 2.27. The van der Waals surface area contributed by atoms with Crippen LogP contribution in [0.3, 0.4) is 0 Å². The van der Waals surface area contributed by atoms with Gasteiger partial charge in [0.1, 0.15) is 5.82 Å². The molecule has 138 valence electrons. The van der Waals surface area contributed by atoms with Gasteiger partial charge in [-0.05, 0) is 36.7 Å². The van der Waals surface area contributed by atoms with Crippen LogP contribution in [0.4, 0.5) is 4.39 Å². The molecule has 2 aliphatic heterocycles. The molecular formula is C20H23FN2O3. The average Bonchev–Trinajstić information content (AvgIpc) is 3.08. The first-order chi connectivity index (χ1) is 12.7. The van der Waals surface area contributed by atoms with Gasteiger partial charge in [0, 0.05) is 31.7 Å². The Balaban J connectivity index is 1.41. The third-order valence-corrected chi connectivity index (χ3v) is 5.21. The van der Waals surface area contributed by atoms with Crippen LogP contribution in [-0.2, 0) is 22.6 Å². The summed E-state index contributed by atoms with van der Waals surface area (Å²) in [6, 6.07) is 8.41. The number of nitrogens with zero attached hydrogens (tertiary/aromatic N) is 2. The molecule has 2 fully saturated rings. The summed E-state index contributed by atoms with van der Waals surface area (Å²) >= 11 is 0. The summed E-state index contributed by atoms with van der Waals surface area (Å²) in [5.74, 6) is -0.266. The summed E-state index contributed by atoms with van der Waals surface area (Å²) in [5.41, 5.74) is 1.95. The summed E-state index contributed by atoms with van der Waals surface area (Å²) in [7, 11) is 0. The number of hydrogen-bond acceptors (Lipinski definition) is 4. The Morgan fingerprint density at radius 3 is 2.88 bits per heavy atom. The van der Waals surface area contributed by atoms with Crippen LogP contribution in [-0.4, -0.2) is 48.1 Å². The second kappa shape index (κ2) is 7.60. The zero-order valence-corrected chi connectivity index (χ0v) is 14.6. The molecule has 0 radical (unpaired) electrons. The topological polar surface area (TPSA) is 45.9 Å². The fourth-order valence-electron chi connectivity index (χ4n) is 3.89. The molecule has 2 atom stereocenters. The molecule has 2 saturated heterocycles. The van der Waals surface area contributed by atoms with Crippen molar-refractivity contribution >= 4 is 5.91 Å². The highest BCUT2D eigenvalue weighted by Gasteiger charge is 2.39. The normalized spacial score (nSPS) is 24.3. The van der Waals surface area contributed by atoms with Gasteiger partial charge in [-0.1, -0.05) is 12.1 Å². The van der Waals surface area contributed by atoms with Crippen molar-refractivity contribution in [3.63, 3.8) is 0 Å². The summed E-state index contributed by atoms with van der Waals surface area (Å²) in [6.07, 6.45) is 4.13. The maximum absolute atomic E-state index is 13.4. The molecule has 2 aromatic rings. The van der Waals surface area contributed by atoms with Crippen LogP contribution < -0.4 is 0 Å². The maximum Gasteiger partial charge on any atom is 0.228 e. The molecule has 4 rings (SSSR count). The third-order valence-electron chi connectivity index (χ3n) is 5.21. The number of carbonyl (C=O) groups excluding carboxylic acids is 1. The maximum atomic E-state index is 13.4. The van der Waals surface area contributed by atoms with E-state index in [0.717, 1.165) is 37.2 Å². The van der Waals surface area contributed by atoms with E-state index >= 15 is 0 Å². The van der Waals surface area contributed by atoms with Crippen molar-refractivity contribution in [1.29, 1.82) is 0 Å². The van der Waals surface area contributed by atoms with Crippen molar-refractivity contribution in [2.75, 3.05) is 26.2 Å². The number of benzene rings is 1. The molecule has 0 spiro atoms. The van der Waals surface area contributed by atoms with Crippen LogP contribution in [0.25, 0.3) is 0 Å². The van der Waals surface area contributed by atoms with Crippen molar-refractivity contribution in [2.24, 2.45) is 5.92 Å². The molecular weight excluding hydrogens is 335 g/mol. The second-order valence-electron chi connectivity index (χ2n) is 7.06. The summed E-state index contributed by atoms with van der Waals surface area (Å²) in [4.78, 5) is 17.1. The Labute approximate surface area is 152 Å². The van der Waals surface area contributed by atoms with Crippen LogP contribution in [0, 0.1) is 11.7 Å². The van der Waals surface area contributed by atoms with Crippen molar-refractivity contribution in [1.82, 2.24) is 9.80 Å². The number of amides is 1. The van der Waals surface area contributed by atoms with Gasteiger partial charge in [0.05, 0.1) is 31.2 Å². The highest BCUT2D eigenvalue weighted by atomic mass is 19.1. The lowest BCUT2D eigenvalue weighted by Crippen LogP contribution is -2.48. The van der Waals surface area contributed by atoms with Gasteiger partial charge in [-0.2, -0.15) is 0 Å². The number of hydrogen-bond donors (Lipinski definition) is 0. The van der Waals surface area contributed by atoms with Gasteiger partial charge >= 0.3 is 0 Å². The number of halogens is 1. The summed E-state index contributed by atoms with van der Waals surface area (Å²) < 4.78 is 24.6. The number of ether oxygens (including phenoxy) is 1. The Morgan fingerprint density at radius 2 is 2.08 bits per heavy atom. The zero-order valence-electron chi connectivity index (χ0n) is 14.6. The van der Waals surface area contributed by atoms with Gasteiger partial charge in [-0.3, -0.25) is 9.69 Å². The molecule has 1 amide bonds. The molecule has 5 nitrogen and oxygen atoms in total. The molecule has 1 aromatic heterocycles. The largest absolute Gasteiger partial charge is 0.472 e. The Bertz CT molecular complexity index is 749. The first-order valence-corrected chi connectivity index (χ1v) is 9.07. The van der Waals surface area contributed by atoms with E-state index in [2.05, 4.69) is 4.90 Å². The number of carbonyl (C=O) groups is 1. The van der Waals surface area contributed by atoms with Gasteiger partial charge < -0.3 is 14.1 Å². The van der Waals surface area contributed by atoms with Crippen molar-refractivity contribution in [2.45, 2.75) is 25.6 Å². The van der Waals surface area contributed by atoms with Crippen LogP contribution in [0.2, 0.25) is 0 Å². The van der Waals surface area contributed by atoms with Crippen molar-refractivity contribution < 1.29 is 18.3 Å². The number of piperidine rings is 1. The summed E-state index contributed by atoms with van der Waals surface area (Å²) in [6.45, 7) is 3.91. The first-order valence-electron chi connectivity index (χ1n) is 9.07. The van der Waals surface area contributed by atoms with Gasteiger partial charge in [0.15, 0.2) is 0 Å². The molecule has 0 unspecified atom stereocenters. The van der Waals surface area contributed by atoms with E-state index in [1.165, 1.54) is 12.1 Å². The van der Waals surface area contributed by atoms with E-state index in [1.807, 2.05) is 17.0 Å². The second-order valence-corrected chi connectivity index (χ2v) is 7.06. The smallest absolute Gasteiger partial charge is 0.228 e. The van der Waals surface area contributed by atoms with Gasteiger partial charge in [-0.15, -0.1) is 0 Å². The van der Waals surface area contributed by atoms with E-state index < -0.39 is 0 Å². The SMILES string of the molecule is O=C1[C@@H]2CCN(Cc3ccoc3)C[C@@H]2OCCN1Cc1cccc(F)c1. The lowest BCUT2D eigenvalue weighted by molar-refractivity contribution is -0.139. The van der Waals surface area contributed by atoms with Gasteiger partial charge in [0.25, 0.3) is 0 Å². The fourth-order valence-corrected chi connectivity index (χ4v) is 3.89. The third kappa shape index (κ3) is 3.81. The Morgan fingerprint density at radius 1 is 1.15 bits per heavy atom. The van der Waals surface area contributed by atoms with E-state index in [0.29, 0.717) is 19.7 Å². The molecule has 1 aromatic carbocycles. The van der Waals surface area contributed by atoms with E-state index in [-0.39, 0.29) is 23.7 Å². The van der Waals surface area contributed by atoms with E-state index in [4.69, 9.17) is 9.15 Å². The van der Waals surface area contributed by atoms with Crippen molar-refractivity contribution in [3.05, 3.63) is 59.8 Å². The Kier molecular flexibility index (Phi) is 5.04. The zero-order chi connectivity index (χ0) is 17.9. The molecule has 0 N–H and O–H groups in total. The molecule has 3 heterocycles. The monoisotopic (exact) mass is 358 g/mol. The molecule has 26 heavy (non-hydrogen) atoms. The highest BCUT2D eigenvalue weighted by molar-refractivity contribution is 5.80. The molecule has 0 aliphatic carbocycles. The lowest BCUT2D eigenvalue weighted by Gasteiger charge is -2.37. The number of furan rings is 1. The molecule has 0 bridgehead atoms. The molecule has 6 heteroatoms. The molecule has 2 aliphatic rings. The van der Waals surface area contributed by atoms with Gasteiger partial charge in [0.2, 0.25) is 5.91 Å². The lowest BCUT2D eigenvalue weighted by atomic mass is 9.92. The summed E-state index contributed by atoms with van der Waals surface area (Å²) in [5, 5.41) is 0. The van der Waals surface area contributed by atoms with E-state index in [9.17, 15) is 9.18 Å². The molecule has 0 saturated carbocycles. The fraction of sp³-hybridized carbons (Fsp3) is 0.450. The van der Waals surface area contributed by atoms with Crippen LogP contribution in [0.1, 0.15) is 17.5 Å². The number of likely N-dealkylation sites (tertiary alicyclic amines) is 1. The minimum absolute atomic E-state index is 0.0827.